The van der Waals surface area contributed by atoms with Crippen molar-refractivity contribution in [2.75, 3.05) is 32.7 Å². The Hall–Kier alpha value is -0.570. The molecule has 0 radical (unpaired) electrons. The van der Waals surface area contributed by atoms with Crippen LogP contribution in [-0.4, -0.2) is 48.4 Å². The zero-order valence-corrected chi connectivity index (χ0v) is 11.2. The number of nitrogens with zero attached hydrogens (tertiary/aromatic N) is 2. The molecule has 2 heterocycles. The van der Waals surface area contributed by atoms with E-state index < -0.39 is 0 Å². The van der Waals surface area contributed by atoms with Gasteiger partial charge in [-0.1, -0.05) is 19.8 Å². The summed E-state index contributed by atoms with van der Waals surface area (Å²) in [5, 5.41) is 0. The first kappa shape index (κ1) is 12.9. The molecule has 2 aliphatic heterocycles. The number of piperidine rings is 1. The second-order valence-corrected chi connectivity index (χ2v) is 5.75. The molecule has 0 unspecified atom stereocenters. The molecule has 2 rings (SSSR count). The second kappa shape index (κ2) is 6.39. The van der Waals surface area contributed by atoms with Gasteiger partial charge in [-0.25, -0.2) is 0 Å². The molecule has 0 spiro atoms. The smallest absolute Gasteiger partial charge is 0.236 e. The largest absolute Gasteiger partial charge is 0.342 e. The van der Waals surface area contributed by atoms with Crippen molar-refractivity contribution in [2.45, 2.75) is 45.4 Å². The topological polar surface area (TPSA) is 23.6 Å². The molecule has 0 aromatic rings. The van der Waals surface area contributed by atoms with Crippen molar-refractivity contribution in [3.63, 3.8) is 0 Å². The maximum Gasteiger partial charge on any atom is 0.236 e. The molecule has 98 valence electrons. The molecule has 0 saturated carbocycles. The van der Waals surface area contributed by atoms with Gasteiger partial charge in [-0.2, -0.15) is 0 Å². The normalized spacial score (nSPS) is 24.6. The molecule has 0 atom stereocenters. The van der Waals surface area contributed by atoms with Gasteiger partial charge in [0.05, 0.1) is 6.54 Å². The Labute approximate surface area is 105 Å². The molecule has 2 aliphatic rings. The van der Waals surface area contributed by atoms with Crippen LogP contribution in [0.3, 0.4) is 0 Å². The molecule has 0 aliphatic carbocycles. The molecule has 0 aromatic heterocycles. The van der Waals surface area contributed by atoms with Crippen LogP contribution in [0.5, 0.6) is 0 Å². The van der Waals surface area contributed by atoms with E-state index in [9.17, 15) is 4.79 Å². The predicted octanol–water partition coefficient (Wildman–Crippen LogP) is 2.12. The van der Waals surface area contributed by atoms with Crippen LogP contribution in [-0.2, 0) is 4.79 Å². The molecule has 2 saturated heterocycles. The molecule has 0 aromatic carbocycles. The van der Waals surface area contributed by atoms with Crippen LogP contribution in [0.15, 0.2) is 0 Å². The van der Waals surface area contributed by atoms with Crippen molar-refractivity contribution < 1.29 is 4.79 Å². The van der Waals surface area contributed by atoms with Crippen LogP contribution >= 0.6 is 0 Å². The molecule has 1 amide bonds. The molecular weight excluding hydrogens is 212 g/mol. The fourth-order valence-electron chi connectivity index (χ4n) is 2.84. The van der Waals surface area contributed by atoms with Crippen LogP contribution in [0.2, 0.25) is 0 Å². The van der Waals surface area contributed by atoms with E-state index in [1.165, 1.54) is 38.5 Å². The van der Waals surface area contributed by atoms with E-state index in [0.29, 0.717) is 12.5 Å². The summed E-state index contributed by atoms with van der Waals surface area (Å²) >= 11 is 0. The summed E-state index contributed by atoms with van der Waals surface area (Å²) in [6.45, 7) is 7.15. The Morgan fingerprint density at radius 2 is 1.59 bits per heavy atom. The summed E-state index contributed by atoms with van der Waals surface area (Å²) in [5.74, 6) is 1.16. The molecule has 17 heavy (non-hydrogen) atoms. The third-order valence-electron chi connectivity index (χ3n) is 4.19. The third-order valence-corrected chi connectivity index (χ3v) is 4.19. The first-order valence-corrected chi connectivity index (χ1v) is 7.26. The van der Waals surface area contributed by atoms with Gasteiger partial charge >= 0.3 is 0 Å². The summed E-state index contributed by atoms with van der Waals surface area (Å²) < 4.78 is 0. The fraction of sp³-hybridized carbons (Fsp3) is 0.929. The van der Waals surface area contributed by atoms with Crippen molar-refractivity contribution >= 4 is 5.91 Å². The highest BCUT2D eigenvalue weighted by molar-refractivity contribution is 5.78. The minimum Gasteiger partial charge on any atom is -0.342 e. The number of amides is 1. The van der Waals surface area contributed by atoms with Crippen LogP contribution in [0, 0.1) is 5.92 Å². The molecule has 0 bridgehead atoms. The third kappa shape index (κ3) is 3.98. The van der Waals surface area contributed by atoms with Gasteiger partial charge < -0.3 is 4.90 Å². The number of likely N-dealkylation sites (tertiary alicyclic amines) is 2. The number of carbonyl (C=O) groups excluding carboxylic acids is 1. The van der Waals surface area contributed by atoms with Crippen molar-refractivity contribution in [3.8, 4) is 0 Å². The highest BCUT2D eigenvalue weighted by Gasteiger charge is 2.22. The molecule has 3 nitrogen and oxygen atoms in total. The number of rotatable bonds is 2. The Morgan fingerprint density at radius 1 is 1.00 bits per heavy atom. The van der Waals surface area contributed by atoms with Gasteiger partial charge in [0.15, 0.2) is 0 Å². The van der Waals surface area contributed by atoms with Crippen molar-refractivity contribution in [2.24, 2.45) is 5.92 Å². The molecular formula is C14H26N2O. The zero-order chi connectivity index (χ0) is 12.1. The van der Waals surface area contributed by atoms with E-state index >= 15 is 0 Å². The van der Waals surface area contributed by atoms with Gasteiger partial charge in [-0.15, -0.1) is 0 Å². The van der Waals surface area contributed by atoms with E-state index in [0.717, 1.165) is 32.1 Å². The lowest BCUT2D eigenvalue weighted by molar-refractivity contribution is -0.133. The summed E-state index contributed by atoms with van der Waals surface area (Å²) in [4.78, 5) is 16.6. The highest BCUT2D eigenvalue weighted by atomic mass is 16.2. The van der Waals surface area contributed by atoms with Crippen LogP contribution in [0.1, 0.15) is 45.4 Å². The summed E-state index contributed by atoms with van der Waals surface area (Å²) in [7, 11) is 0. The van der Waals surface area contributed by atoms with E-state index in [-0.39, 0.29) is 0 Å². The van der Waals surface area contributed by atoms with Crippen molar-refractivity contribution in [1.29, 1.82) is 0 Å². The lowest BCUT2D eigenvalue weighted by Crippen LogP contribution is -2.44. The zero-order valence-electron chi connectivity index (χ0n) is 11.2. The molecule has 3 heteroatoms. The number of carbonyl (C=O) groups is 1. The minimum absolute atomic E-state index is 0.360. The Morgan fingerprint density at radius 3 is 2.18 bits per heavy atom. The standard InChI is InChI=1S/C14H26N2O/c1-13-6-10-16(11-7-13)14(17)12-15-8-4-2-3-5-9-15/h13H,2-12H2,1H3. The maximum absolute atomic E-state index is 12.2. The summed E-state index contributed by atoms with van der Waals surface area (Å²) in [6.07, 6.45) is 7.59. The summed E-state index contributed by atoms with van der Waals surface area (Å²) in [6, 6.07) is 0. The average molecular weight is 238 g/mol. The van der Waals surface area contributed by atoms with E-state index in [1.807, 2.05) is 0 Å². The summed E-state index contributed by atoms with van der Waals surface area (Å²) in [5.41, 5.74) is 0. The van der Waals surface area contributed by atoms with Crippen LogP contribution in [0.4, 0.5) is 0 Å². The van der Waals surface area contributed by atoms with Gasteiger partial charge in [0.2, 0.25) is 5.91 Å². The van der Waals surface area contributed by atoms with Crippen LogP contribution < -0.4 is 0 Å². The maximum atomic E-state index is 12.2. The van der Waals surface area contributed by atoms with Gasteiger partial charge in [0.25, 0.3) is 0 Å². The second-order valence-electron chi connectivity index (χ2n) is 5.75. The van der Waals surface area contributed by atoms with Gasteiger partial charge in [0, 0.05) is 13.1 Å². The van der Waals surface area contributed by atoms with Crippen molar-refractivity contribution in [1.82, 2.24) is 9.80 Å². The average Bonchev–Trinajstić information content (AvgIpc) is 2.58. The number of hydrogen-bond acceptors (Lipinski definition) is 2. The van der Waals surface area contributed by atoms with E-state index in [2.05, 4.69) is 16.7 Å². The Balaban J connectivity index is 1.75. The van der Waals surface area contributed by atoms with Gasteiger partial charge in [-0.3, -0.25) is 9.69 Å². The first-order valence-electron chi connectivity index (χ1n) is 7.26. The quantitative estimate of drug-likeness (QED) is 0.735. The monoisotopic (exact) mass is 238 g/mol. The highest BCUT2D eigenvalue weighted by Crippen LogP contribution is 2.16. The van der Waals surface area contributed by atoms with Crippen LogP contribution in [0.25, 0.3) is 0 Å². The van der Waals surface area contributed by atoms with Gasteiger partial charge in [-0.05, 0) is 44.7 Å². The lowest BCUT2D eigenvalue weighted by atomic mass is 9.99. The Bertz CT molecular complexity index is 239. The Kier molecular flexibility index (Phi) is 4.84. The lowest BCUT2D eigenvalue weighted by Gasteiger charge is -2.32. The molecule has 0 N–H and O–H groups in total. The minimum atomic E-state index is 0.360. The van der Waals surface area contributed by atoms with E-state index in [1.54, 1.807) is 0 Å². The fourth-order valence-corrected chi connectivity index (χ4v) is 2.84. The van der Waals surface area contributed by atoms with Crippen molar-refractivity contribution in [3.05, 3.63) is 0 Å². The SMILES string of the molecule is CC1CCN(C(=O)CN2CCCCCC2)CC1. The van der Waals surface area contributed by atoms with Gasteiger partial charge in [0.1, 0.15) is 0 Å². The predicted molar refractivity (Wildman–Crippen MR) is 69.9 cm³/mol. The number of hydrogen-bond donors (Lipinski definition) is 0. The van der Waals surface area contributed by atoms with E-state index in [4.69, 9.17) is 0 Å². The first-order chi connectivity index (χ1) is 8.25. The molecule has 2 fully saturated rings.